The number of rotatable bonds is 72. The molecule has 0 aromatic carbocycles. The molecule has 0 saturated heterocycles. The molecule has 3 N–H and O–H groups in total. The van der Waals surface area contributed by atoms with Gasteiger partial charge in [0.1, 0.15) is 19.3 Å². The van der Waals surface area contributed by atoms with E-state index in [1.54, 1.807) is 0 Å². The molecule has 0 aliphatic carbocycles. The summed E-state index contributed by atoms with van der Waals surface area (Å²) >= 11 is 0. The Balaban J connectivity index is 5.29. The van der Waals surface area contributed by atoms with Crippen LogP contribution in [0.2, 0.25) is 0 Å². The molecule has 0 aromatic heterocycles. The van der Waals surface area contributed by atoms with Gasteiger partial charge in [-0.1, -0.05) is 310 Å². The van der Waals surface area contributed by atoms with Gasteiger partial charge in [0.2, 0.25) is 0 Å². The average Bonchev–Trinajstić information content (AvgIpc) is 1.88. The van der Waals surface area contributed by atoms with E-state index >= 15 is 0 Å². The molecule has 0 aliphatic rings. The number of aliphatic hydroxyl groups excluding tert-OH is 1. The van der Waals surface area contributed by atoms with Gasteiger partial charge in [0, 0.05) is 25.7 Å². The highest BCUT2D eigenvalue weighted by atomic mass is 31.2. The van der Waals surface area contributed by atoms with Gasteiger partial charge in [0.25, 0.3) is 0 Å². The van der Waals surface area contributed by atoms with E-state index in [-0.39, 0.29) is 25.7 Å². The molecule has 5 atom stereocenters. The van der Waals surface area contributed by atoms with Crippen LogP contribution in [0.3, 0.4) is 0 Å². The maximum absolute atomic E-state index is 13.1. The summed E-state index contributed by atoms with van der Waals surface area (Å²) in [6, 6.07) is 0. The first kappa shape index (κ1) is 91.5. The zero-order valence-electron chi connectivity index (χ0n) is 60.7. The fraction of sp³-hybridized carbons (Fsp3) is 0.893. The monoisotopic (exact) mass is 1380 g/mol. The summed E-state index contributed by atoms with van der Waals surface area (Å²) in [5.74, 6) is -0.681. The van der Waals surface area contributed by atoms with Crippen LogP contribution in [-0.2, 0) is 65.4 Å². The summed E-state index contributed by atoms with van der Waals surface area (Å²) in [5, 5.41) is 10.6. The average molecular weight is 1380 g/mol. The first-order chi connectivity index (χ1) is 45.4. The van der Waals surface area contributed by atoms with Crippen LogP contribution >= 0.6 is 15.6 Å². The standard InChI is InChI=1S/C75H142O17P2/c1-7-9-11-13-15-17-19-21-23-25-29-33-39-45-51-57-72(77)85-63-70(91-74(79)59-53-47-40-34-30-26-24-22-20-18-16-14-12-10-8-2)65-89-93(81,82)87-61-69(76)62-88-94(83,84)90-66-71(64-86-73(78)58-52-46-42-36-38-44-50-56-68(5)6)92-75(80)60-54-48-41-35-31-27-28-32-37-43-49-55-67(3)4/h18,20,22,24,67-71,76H,7-17,19,21,23,25-66H2,1-6H3,(H,81,82)(H,83,84)/b20-18-,24-22-/t69-,70-,71-/m1/s1. The van der Waals surface area contributed by atoms with Crippen molar-refractivity contribution in [2.75, 3.05) is 39.6 Å². The highest BCUT2D eigenvalue weighted by molar-refractivity contribution is 7.47. The Hall–Kier alpha value is -2.46. The van der Waals surface area contributed by atoms with Crippen molar-refractivity contribution in [1.29, 1.82) is 0 Å². The smallest absolute Gasteiger partial charge is 0.462 e. The summed E-state index contributed by atoms with van der Waals surface area (Å²) in [4.78, 5) is 72.7. The largest absolute Gasteiger partial charge is 0.472 e. The molecule has 0 aliphatic heterocycles. The molecule has 0 amide bonds. The summed E-state index contributed by atoms with van der Waals surface area (Å²) in [6.07, 6.45) is 56.3. The van der Waals surface area contributed by atoms with Crippen LogP contribution in [0.5, 0.6) is 0 Å². The summed E-state index contributed by atoms with van der Waals surface area (Å²) in [6.45, 7) is 9.47. The van der Waals surface area contributed by atoms with Gasteiger partial charge in [-0.2, -0.15) is 0 Å². The molecule has 0 aromatic rings. The number of aliphatic hydroxyl groups is 1. The van der Waals surface area contributed by atoms with Crippen molar-refractivity contribution >= 4 is 39.5 Å². The fourth-order valence-corrected chi connectivity index (χ4v) is 12.5. The predicted octanol–water partition coefficient (Wildman–Crippen LogP) is 21.5. The van der Waals surface area contributed by atoms with E-state index in [2.05, 4.69) is 65.8 Å². The third kappa shape index (κ3) is 68.1. The molecular formula is C75H142O17P2. The Morgan fingerprint density at radius 3 is 0.872 bits per heavy atom. The molecule has 0 bridgehead atoms. The van der Waals surface area contributed by atoms with Crippen molar-refractivity contribution in [1.82, 2.24) is 0 Å². The molecular weight excluding hydrogens is 1230 g/mol. The Morgan fingerprint density at radius 1 is 0.330 bits per heavy atom. The number of unbranched alkanes of at least 4 members (excludes halogenated alkanes) is 39. The molecule has 94 heavy (non-hydrogen) atoms. The Bertz CT molecular complexity index is 1910. The van der Waals surface area contributed by atoms with Crippen LogP contribution in [0, 0.1) is 11.8 Å². The van der Waals surface area contributed by atoms with Crippen LogP contribution in [0.25, 0.3) is 0 Å². The van der Waals surface area contributed by atoms with Crippen molar-refractivity contribution < 1.29 is 80.2 Å². The van der Waals surface area contributed by atoms with Crippen LogP contribution in [-0.4, -0.2) is 96.7 Å². The molecule has 0 rings (SSSR count). The molecule has 554 valence electrons. The topological polar surface area (TPSA) is 237 Å². The molecule has 0 fully saturated rings. The van der Waals surface area contributed by atoms with E-state index in [9.17, 15) is 43.2 Å². The van der Waals surface area contributed by atoms with E-state index in [1.165, 1.54) is 161 Å². The second-order valence-electron chi connectivity index (χ2n) is 27.3. The minimum absolute atomic E-state index is 0.0853. The van der Waals surface area contributed by atoms with E-state index in [0.717, 1.165) is 115 Å². The van der Waals surface area contributed by atoms with Gasteiger partial charge in [0.15, 0.2) is 12.2 Å². The minimum atomic E-state index is -4.96. The second kappa shape index (κ2) is 66.4. The molecule has 0 spiro atoms. The van der Waals surface area contributed by atoms with Crippen LogP contribution < -0.4 is 0 Å². The van der Waals surface area contributed by atoms with Gasteiger partial charge in [-0.15, -0.1) is 0 Å². The Kier molecular flexibility index (Phi) is 64.7. The minimum Gasteiger partial charge on any atom is -0.462 e. The lowest BCUT2D eigenvalue weighted by Gasteiger charge is -2.21. The second-order valence-corrected chi connectivity index (χ2v) is 30.2. The summed E-state index contributed by atoms with van der Waals surface area (Å²) in [7, 11) is -9.92. The van der Waals surface area contributed by atoms with Crippen molar-refractivity contribution in [2.24, 2.45) is 11.8 Å². The highest BCUT2D eigenvalue weighted by Crippen LogP contribution is 2.45. The summed E-state index contributed by atoms with van der Waals surface area (Å²) in [5.41, 5.74) is 0. The number of ether oxygens (including phenoxy) is 4. The lowest BCUT2D eigenvalue weighted by Crippen LogP contribution is -2.30. The zero-order valence-corrected chi connectivity index (χ0v) is 62.5. The van der Waals surface area contributed by atoms with Crippen molar-refractivity contribution in [3.8, 4) is 0 Å². The van der Waals surface area contributed by atoms with Crippen molar-refractivity contribution in [3.05, 3.63) is 24.3 Å². The lowest BCUT2D eigenvalue weighted by molar-refractivity contribution is -0.161. The van der Waals surface area contributed by atoms with Gasteiger partial charge in [-0.3, -0.25) is 37.3 Å². The van der Waals surface area contributed by atoms with Crippen LogP contribution in [0.15, 0.2) is 24.3 Å². The quantitative estimate of drug-likeness (QED) is 0.0169. The maximum atomic E-state index is 13.1. The van der Waals surface area contributed by atoms with Gasteiger partial charge in [-0.25, -0.2) is 9.13 Å². The lowest BCUT2D eigenvalue weighted by atomic mass is 10.0. The number of phosphoric acid groups is 2. The van der Waals surface area contributed by atoms with Crippen LogP contribution in [0.1, 0.15) is 363 Å². The van der Waals surface area contributed by atoms with E-state index in [4.69, 9.17) is 37.0 Å². The zero-order chi connectivity index (χ0) is 69.3. The van der Waals surface area contributed by atoms with Crippen LogP contribution in [0.4, 0.5) is 0 Å². The molecule has 0 radical (unpaired) electrons. The molecule has 17 nitrogen and oxygen atoms in total. The number of carbonyl (C=O) groups excluding carboxylic acids is 4. The maximum Gasteiger partial charge on any atom is 0.472 e. The molecule has 19 heteroatoms. The van der Waals surface area contributed by atoms with Gasteiger partial charge in [-0.05, 0) is 63.2 Å². The number of carbonyl (C=O) groups is 4. The number of phosphoric ester groups is 2. The Morgan fingerprint density at radius 2 is 0.574 bits per heavy atom. The first-order valence-corrected chi connectivity index (χ1v) is 41.3. The first-order valence-electron chi connectivity index (χ1n) is 38.3. The van der Waals surface area contributed by atoms with E-state index < -0.39 is 97.5 Å². The van der Waals surface area contributed by atoms with E-state index in [0.29, 0.717) is 31.6 Å². The summed E-state index contributed by atoms with van der Waals surface area (Å²) < 4.78 is 68.4. The molecule has 0 saturated carbocycles. The third-order valence-corrected chi connectivity index (χ3v) is 18.7. The highest BCUT2D eigenvalue weighted by Gasteiger charge is 2.30. The normalized spacial score (nSPS) is 14.2. The molecule has 2 unspecified atom stereocenters. The third-order valence-electron chi connectivity index (χ3n) is 16.8. The molecule has 0 heterocycles. The Labute approximate surface area is 573 Å². The van der Waals surface area contributed by atoms with E-state index in [1.807, 2.05) is 0 Å². The number of allylic oxidation sites excluding steroid dienone is 4. The predicted molar refractivity (Wildman–Crippen MR) is 381 cm³/mol. The number of hydrogen-bond donors (Lipinski definition) is 3. The number of hydrogen-bond acceptors (Lipinski definition) is 15. The number of esters is 4. The van der Waals surface area contributed by atoms with Gasteiger partial charge < -0.3 is 33.8 Å². The van der Waals surface area contributed by atoms with Gasteiger partial charge in [0.05, 0.1) is 26.4 Å². The SMILES string of the molecule is CCCCCC/C=C\C=C/CCCCCCCC(=O)O[C@H](COC(=O)CCCCCCCCCCCCCCCCC)COP(=O)(O)OC[C@@H](O)COP(=O)(O)OC[C@@H](COC(=O)CCCCCCCCCC(C)C)OC(=O)CCCCCCCCCCCCCC(C)C. The fourth-order valence-electron chi connectivity index (χ4n) is 10.9. The van der Waals surface area contributed by atoms with Crippen molar-refractivity contribution in [3.63, 3.8) is 0 Å². The van der Waals surface area contributed by atoms with Gasteiger partial charge >= 0.3 is 39.5 Å². The van der Waals surface area contributed by atoms with Crippen molar-refractivity contribution in [2.45, 2.75) is 381 Å².